The van der Waals surface area contributed by atoms with Gasteiger partial charge in [0.15, 0.2) is 0 Å². The normalized spacial score (nSPS) is 7.20. The molecule has 0 radical (unpaired) electrons. The Hall–Kier alpha value is 0.793. The molecular formula is HClO3Zn. The first-order valence-corrected chi connectivity index (χ1v) is 1.43. The molecule has 5 heavy (non-hydrogen) atoms. The summed E-state index contributed by atoms with van der Waals surface area (Å²) in [5.74, 6) is 0. The van der Waals surface area contributed by atoms with Crippen molar-refractivity contribution < 1.29 is 44.2 Å². The van der Waals surface area contributed by atoms with Crippen LogP contribution in [0.25, 0.3) is 0 Å². The van der Waals surface area contributed by atoms with Crippen LogP contribution in [0.1, 0.15) is 0 Å². The van der Waals surface area contributed by atoms with Gasteiger partial charge in [0.25, 0.3) is 10.8 Å². The molecule has 0 atom stereocenters. The SMILES string of the molecule is [O-][Cl+2]([O-])O.[Zn]. The molecule has 0 aromatic rings. The summed E-state index contributed by atoms with van der Waals surface area (Å²) < 4.78 is 24.0. The monoisotopic (exact) mass is 148 g/mol. The smallest absolute Gasteiger partial charge is 0.282 e. The molecule has 0 saturated carbocycles. The van der Waals surface area contributed by atoms with E-state index in [-0.39, 0.29) is 19.5 Å². The van der Waals surface area contributed by atoms with Crippen LogP contribution in [0.4, 0.5) is 0 Å². The Morgan fingerprint density at radius 2 is 1.40 bits per heavy atom. The molecule has 0 spiro atoms. The van der Waals surface area contributed by atoms with Gasteiger partial charge in [-0.1, -0.05) is 0 Å². The van der Waals surface area contributed by atoms with Crippen molar-refractivity contribution in [3.63, 3.8) is 0 Å². The van der Waals surface area contributed by atoms with Crippen LogP contribution in [-0.4, -0.2) is 4.66 Å². The zero-order valence-corrected chi connectivity index (χ0v) is 6.07. The van der Waals surface area contributed by atoms with Crippen molar-refractivity contribution in [3.05, 3.63) is 0 Å². The van der Waals surface area contributed by atoms with E-state index in [0.717, 1.165) is 0 Å². The predicted molar refractivity (Wildman–Crippen MR) is 2.22 cm³/mol. The zero-order valence-electron chi connectivity index (χ0n) is 2.35. The topological polar surface area (TPSA) is 66.3 Å². The fraction of sp³-hybridized carbons (Fsp3) is 0. The minimum Gasteiger partial charge on any atom is -0.321 e. The summed E-state index contributed by atoms with van der Waals surface area (Å²) in [6, 6.07) is 0. The molecule has 0 aliphatic rings. The summed E-state index contributed by atoms with van der Waals surface area (Å²) in [6.45, 7) is 0. The van der Waals surface area contributed by atoms with Gasteiger partial charge < -0.3 is 9.32 Å². The Bertz CT molecular complexity index is 11.6. The summed E-state index contributed by atoms with van der Waals surface area (Å²) in [5, 5.41) is 0. The van der Waals surface area contributed by atoms with E-state index in [9.17, 15) is 0 Å². The van der Waals surface area contributed by atoms with Crippen LogP contribution < -0.4 is 9.32 Å². The van der Waals surface area contributed by atoms with Gasteiger partial charge in [-0.05, 0) is 0 Å². The second-order valence-electron chi connectivity index (χ2n) is 0.201. The second kappa shape index (κ2) is 4.79. The first-order chi connectivity index (χ1) is 1.73. The first-order valence-electron chi connectivity index (χ1n) is 0.478. The molecule has 0 aromatic carbocycles. The van der Waals surface area contributed by atoms with Crippen LogP contribution in [0.15, 0.2) is 0 Å². The minimum atomic E-state index is -2.60. The molecule has 0 aliphatic heterocycles. The van der Waals surface area contributed by atoms with Crippen molar-refractivity contribution >= 4 is 0 Å². The molecule has 0 aliphatic carbocycles. The van der Waals surface area contributed by atoms with Crippen molar-refractivity contribution in [2.24, 2.45) is 0 Å². The van der Waals surface area contributed by atoms with Gasteiger partial charge in [-0.15, -0.1) is 0 Å². The Morgan fingerprint density at radius 3 is 1.40 bits per heavy atom. The average Bonchev–Trinajstić information content (AvgIpc) is 0.811. The standard InChI is InChI=1S/ClHO3.Zn/c2-1(3)4;/h2H;. The van der Waals surface area contributed by atoms with Gasteiger partial charge in [0.1, 0.15) is 0 Å². The second-order valence-corrected chi connectivity index (χ2v) is 0.603. The van der Waals surface area contributed by atoms with Gasteiger partial charge in [-0.2, -0.15) is 0 Å². The summed E-state index contributed by atoms with van der Waals surface area (Å²) in [7, 11) is -2.60. The van der Waals surface area contributed by atoms with E-state index in [1.54, 1.807) is 0 Å². The van der Waals surface area contributed by atoms with Crippen molar-refractivity contribution in [2.75, 3.05) is 0 Å². The third kappa shape index (κ3) is 59.4. The van der Waals surface area contributed by atoms with Crippen molar-refractivity contribution in [1.82, 2.24) is 0 Å². The van der Waals surface area contributed by atoms with Gasteiger partial charge in [-0.25, -0.2) is 0 Å². The molecule has 0 unspecified atom stereocenters. The van der Waals surface area contributed by atoms with Gasteiger partial charge in [0.2, 0.25) is 0 Å². The van der Waals surface area contributed by atoms with E-state index in [0.29, 0.717) is 0 Å². The molecule has 0 rings (SSSR count). The van der Waals surface area contributed by atoms with Crippen LogP contribution >= 0.6 is 0 Å². The molecule has 0 fully saturated rings. The molecule has 0 bridgehead atoms. The van der Waals surface area contributed by atoms with E-state index in [2.05, 4.69) is 0 Å². The van der Waals surface area contributed by atoms with Gasteiger partial charge in [0.05, 0.1) is 0 Å². The first kappa shape index (κ1) is 9.25. The number of rotatable bonds is 0. The summed E-state index contributed by atoms with van der Waals surface area (Å²) in [4.78, 5) is 0. The van der Waals surface area contributed by atoms with Gasteiger partial charge in [0, 0.05) is 24.1 Å². The van der Waals surface area contributed by atoms with Gasteiger partial charge in [-0.3, -0.25) is 0 Å². The summed E-state index contributed by atoms with van der Waals surface area (Å²) in [6.07, 6.45) is 0. The molecule has 1 N–H and O–H groups in total. The minimum absolute atomic E-state index is 0. The van der Waals surface area contributed by atoms with Crippen LogP contribution in [0.5, 0.6) is 0 Å². The number of hydrogen-bond donors (Lipinski definition) is 1. The van der Waals surface area contributed by atoms with E-state index in [4.69, 9.17) is 14.0 Å². The van der Waals surface area contributed by atoms with Crippen LogP contribution in [0.3, 0.4) is 0 Å². The molecule has 28 valence electrons. The molecular weight excluding hydrogens is 149 g/mol. The summed E-state index contributed by atoms with van der Waals surface area (Å²) >= 11 is 0. The summed E-state index contributed by atoms with van der Waals surface area (Å²) in [5.41, 5.74) is 0. The van der Waals surface area contributed by atoms with Crippen molar-refractivity contribution in [3.8, 4) is 0 Å². The molecule has 0 aromatic heterocycles. The van der Waals surface area contributed by atoms with Gasteiger partial charge >= 0.3 is 0 Å². The predicted octanol–water partition coefficient (Wildman–Crippen LogP) is -2.94. The fourth-order valence-electron chi connectivity index (χ4n) is 0. The maximum atomic E-state index is 8.52. The average molecular weight is 150 g/mol. The molecule has 0 saturated heterocycles. The van der Waals surface area contributed by atoms with Crippen LogP contribution in [0.2, 0.25) is 0 Å². The van der Waals surface area contributed by atoms with E-state index < -0.39 is 10.8 Å². The third-order valence-electron chi connectivity index (χ3n) is 0. The quantitative estimate of drug-likeness (QED) is 0.375. The number of halogens is 1. The van der Waals surface area contributed by atoms with E-state index in [1.807, 2.05) is 0 Å². The third-order valence-corrected chi connectivity index (χ3v) is 0. The molecule has 3 nitrogen and oxygen atoms in total. The molecule has 0 amide bonds. The number of hydrogen-bond acceptors (Lipinski definition) is 3. The Balaban J connectivity index is 0. The fourth-order valence-corrected chi connectivity index (χ4v) is 0. The largest absolute Gasteiger partial charge is 0.321 e. The van der Waals surface area contributed by atoms with Crippen molar-refractivity contribution in [2.45, 2.75) is 0 Å². The molecule has 5 heteroatoms. The Kier molecular flexibility index (Phi) is 8.87. The van der Waals surface area contributed by atoms with E-state index in [1.165, 1.54) is 0 Å². The Morgan fingerprint density at radius 1 is 1.40 bits per heavy atom. The van der Waals surface area contributed by atoms with E-state index >= 15 is 0 Å². The molecule has 0 heterocycles. The maximum absolute atomic E-state index is 8.52. The Labute approximate surface area is 44.8 Å². The maximum Gasteiger partial charge on any atom is 0.282 e. The van der Waals surface area contributed by atoms with Crippen molar-refractivity contribution in [1.29, 1.82) is 0 Å². The van der Waals surface area contributed by atoms with Crippen LogP contribution in [0, 0.1) is 10.8 Å². The van der Waals surface area contributed by atoms with Crippen LogP contribution in [-0.2, 0) is 19.5 Å². The zero-order chi connectivity index (χ0) is 3.58.